The van der Waals surface area contributed by atoms with Crippen LogP contribution in [0.2, 0.25) is 10.0 Å². The average Bonchev–Trinajstić information content (AvgIpc) is 2.91. The van der Waals surface area contributed by atoms with Crippen molar-refractivity contribution in [1.29, 1.82) is 0 Å². The maximum Gasteiger partial charge on any atom is 0.341 e. The lowest BCUT2D eigenvalue weighted by atomic mass is 9.95. The van der Waals surface area contributed by atoms with Crippen LogP contribution in [0, 0.1) is 17.8 Å². The molecule has 3 aromatic rings. The lowest BCUT2D eigenvalue weighted by Crippen LogP contribution is -2.29. The number of aliphatic carboxylic acids is 1. The van der Waals surface area contributed by atoms with Crippen molar-refractivity contribution < 1.29 is 19.4 Å². The maximum atomic E-state index is 10.8. The SMILES string of the molecule is O=C(O)COc1ccc(Sc2cc(C#Cc3ccc(Cl)cc3)cc(OCCCC3CCCNC3)c2)cc1Cl. The van der Waals surface area contributed by atoms with E-state index < -0.39 is 12.6 Å². The number of carbonyl (C=O) groups is 1. The summed E-state index contributed by atoms with van der Waals surface area (Å²) in [5.41, 5.74) is 1.71. The zero-order valence-corrected chi connectivity index (χ0v) is 23.2. The second-order valence-corrected chi connectivity index (χ2v) is 11.0. The first-order valence-corrected chi connectivity index (χ1v) is 14.1. The molecule has 1 fully saturated rings. The third kappa shape index (κ3) is 9.18. The quantitative estimate of drug-likeness (QED) is 0.199. The van der Waals surface area contributed by atoms with Crippen molar-refractivity contribution in [2.75, 3.05) is 26.3 Å². The molecular weight excluding hydrogens is 541 g/mol. The minimum absolute atomic E-state index is 0.332. The zero-order valence-electron chi connectivity index (χ0n) is 20.8. The Hall–Kier alpha value is -2.82. The van der Waals surface area contributed by atoms with E-state index in [2.05, 4.69) is 17.2 Å². The van der Waals surface area contributed by atoms with Crippen molar-refractivity contribution >= 4 is 40.9 Å². The Morgan fingerprint density at radius 3 is 2.55 bits per heavy atom. The van der Waals surface area contributed by atoms with Crippen molar-refractivity contribution in [2.45, 2.75) is 35.5 Å². The highest BCUT2D eigenvalue weighted by atomic mass is 35.5. The second-order valence-electron chi connectivity index (χ2n) is 9.03. The summed E-state index contributed by atoms with van der Waals surface area (Å²) in [6.45, 7) is 2.43. The van der Waals surface area contributed by atoms with Crippen LogP contribution in [-0.2, 0) is 4.79 Å². The van der Waals surface area contributed by atoms with Crippen LogP contribution in [0.1, 0.15) is 36.8 Å². The van der Waals surface area contributed by atoms with E-state index in [0.717, 1.165) is 58.5 Å². The van der Waals surface area contributed by atoms with Crippen LogP contribution in [0.4, 0.5) is 0 Å². The maximum absolute atomic E-state index is 10.8. The van der Waals surface area contributed by atoms with Gasteiger partial charge in [-0.15, -0.1) is 0 Å². The van der Waals surface area contributed by atoms with Crippen molar-refractivity contribution in [3.05, 3.63) is 81.8 Å². The van der Waals surface area contributed by atoms with Gasteiger partial charge in [0.25, 0.3) is 0 Å². The van der Waals surface area contributed by atoms with Crippen LogP contribution < -0.4 is 14.8 Å². The molecule has 1 aliphatic heterocycles. The highest BCUT2D eigenvalue weighted by Gasteiger charge is 2.13. The summed E-state index contributed by atoms with van der Waals surface area (Å²) >= 11 is 13.8. The third-order valence-corrected chi connectivity index (χ3v) is 7.50. The standard InChI is InChI=1S/C30H29Cl2NO4S/c31-24-9-7-21(8-10-24)5-6-23-15-25(36-14-2-4-22-3-1-13-33-19-22)17-27(16-23)38-26-11-12-29(28(32)18-26)37-20-30(34)35/h7-12,15-18,22,33H,1-4,13-14,19-20H2,(H,34,35). The molecule has 38 heavy (non-hydrogen) atoms. The second kappa shape index (κ2) is 14.4. The average molecular weight is 571 g/mol. The molecule has 1 atom stereocenters. The highest BCUT2D eigenvalue weighted by molar-refractivity contribution is 7.99. The van der Waals surface area contributed by atoms with Crippen molar-refractivity contribution in [3.63, 3.8) is 0 Å². The Morgan fingerprint density at radius 2 is 1.82 bits per heavy atom. The molecule has 2 N–H and O–H groups in total. The molecule has 1 unspecified atom stereocenters. The Kier molecular flexibility index (Phi) is 10.7. The summed E-state index contributed by atoms with van der Waals surface area (Å²) in [5.74, 6) is 7.20. The Labute approximate surface area is 237 Å². The summed E-state index contributed by atoms with van der Waals surface area (Å²) in [7, 11) is 0. The predicted molar refractivity (Wildman–Crippen MR) is 153 cm³/mol. The predicted octanol–water partition coefficient (Wildman–Crippen LogP) is 7.17. The molecule has 8 heteroatoms. The largest absolute Gasteiger partial charge is 0.494 e. The lowest BCUT2D eigenvalue weighted by molar-refractivity contribution is -0.139. The Morgan fingerprint density at radius 1 is 1.00 bits per heavy atom. The van der Waals surface area contributed by atoms with Crippen molar-refractivity contribution in [1.82, 2.24) is 5.32 Å². The van der Waals surface area contributed by atoms with Crippen LogP contribution >= 0.6 is 35.0 Å². The van der Waals surface area contributed by atoms with E-state index in [4.69, 9.17) is 37.8 Å². The molecule has 1 aliphatic rings. The van der Waals surface area contributed by atoms with Crippen LogP contribution in [-0.4, -0.2) is 37.4 Å². The van der Waals surface area contributed by atoms with Crippen LogP contribution in [0.3, 0.4) is 0 Å². The van der Waals surface area contributed by atoms with Gasteiger partial charge in [0.05, 0.1) is 11.6 Å². The van der Waals surface area contributed by atoms with Gasteiger partial charge in [0.15, 0.2) is 6.61 Å². The zero-order chi connectivity index (χ0) is 26.7. The van der Waals surface area contributed by atoms with E-state index in [-0.39, 0.29) is 0 Å². The number of hydrogen-bond acceptors (Lipinski definition) is 5. The van der Waals surface area contributed by atoms with Gasteiger partial charge in [-0.25, -0.2) is 4.79 Å². The van der Waals surface area contributed by atoms with Gasteiger partial charge in [-0.2, -0.15) is 0 Å². The Balaban J connectivity index is 1.48. The first kappa shape index (κ1) is 28.2. The molecule has 0 saturated carbocycles. The summed E-state index contributed by atoms with van der Waals surface area (Å²) in [4.78, 5) is 12.6. The summed E-state index contributed by atoms with van der Waals surface area (Å²) in [5, 5.41) is 13.3. The van der Waals surface area contributed by atoms with E-state index in [1.165, 1.54) is 24.6 Å². The van der Waals surface area contributed by atoms with Crippen LogP contribution in [0.5, 0.6) is 11.5 Å². The number of carboxylic acids is 1. The molecule has 0 spiro atoms. The monoisotopic (exact) mass is 569 g/mol. The van der Waals surface area contributed by atoms with E-state index >= 15 is 0 Å². The normalized spacial score (nSPS) is 14.8. The third-order valence-electron chi connectivity index (χ3n) is 5.99. The number of halogens is 2. The lowest BCUT2D eigenvalue weighted by Gasteiger charge is -2.22. The molecule has 198 valence electrons. The summed E-state index contributed by atoms with van der Waals surface area (Å²) < 4.78 is 11.4. The fourth-order valence-electron chi connectivity index (χ4n) is 4.13. The van der Waals surface area contributed by atoms with Crippen LogP contribution in [0.15, 0.2) is 70.5 Å². The van der Waals surface area contributed by atoms with Gasteiger partial charge in [0.1, 0.15) is 11.5 Å². The number of benzene rings is 3. The highest BCUT2D eigenvalue weighted by Crippen LogP contribution is 2.36. The Bertz CT molecular complexity index is 1300. The van der Waals surface area contributed by atoms with Crippen LogP contribution in [0.25, 0.3) is 0 Å². The summed E-state index contributed by atoms with van der Waals surface area (Å²) in [6, 6.07) is 18.7. The molecule has 1 heterocycles. The van der Waals surface area contributed by atoms with Gasteiger partial charge in [0, 0.05) is 25.9 Å². The number of hydrogen-bond donors (Lipinski definition) is 2. The van der Waals surface area contributed by atoms with Gasteiger partial charge in [0.2, 0.25) is 0 Å². The minimum Gasteiger partial charge on any atom is -0.494 e. The van der Waals surface area contributed by atoms with Gasteiger partial charge >= 0.3 is 5.97 Å². The van der Waals surface area contributed by atoms with E-state index in [0.29, 0.717) is 22.4 Å². The van der Waals surface area contributed by atoms with Crippen molar-refractivity contribution in [2.24, 2.45) is 5.92 Å². The number of piperidine rings is 1. The van der Waals surface area contributed by atoms with Crippen molar-refractivity contribution in [3.8, 4) is 23.3 Å². The molecule has 0 aromatic heterocycles. The molecule has 1 saturated heterocycles. The number of nitrogens with one attached hydrogen (secondary N) is 1. The molecule has 0 amide bonds. The van der Waals surface area contributed by atoms with Gasteiger partial charge in [-0.05, 0) is 105 Å². The fraction of sp³-hybridized carbons (Fsp3) is 0.300. The summed E-state index contributed by atoms with van der Waals surface area (Å²) in [6.07, 6.45) is 4.69. The molecule has 0 radical (unpaired) electrons. The molecule has 0 bridgehead atoms. The van der Waals surface area contributed by atoms with E-state index in [9.17, 15) is 4.79 Å². The number of rotatable bonds is 10. The van der Waals surface area contributed by atoms with Gasteiger partial charge in [-0.3, -0.25) is 0 Å². The van der Waals surface area contributed by atoms with Gasteiger partial charge in [-0.1, -0.05) is 46.8 Å². The molecule has 0 aliphatic carbocycles. The number of carboxylic acid groups (broad SMARTS) is 1. The van der Waals surface area contributed by atoms with Gasteiger partial charge < -0.3 is 19.9 Å². The first-order valence-electron chi connectivity index (χ1n) is 12.5. The fourth-order valence-corrected chi connectivity index (χ4v) is 5.51. The first-order chi connectivity index (χ1) is 18.4. The molecule has 4 rings (SSSR count). The smallest absolute Gasteiger partial charge is 0.341 e. The van der Waals surface area contributed by atoms with E-state index in [1.807, 2.05) is 48.5 Å². The topological polar surface area (TPSA) is 67.8 Å². The minimum atomic E-state index is -1.06. The molecular formula is C30H29Cl2NO4S. The van der Waals surface area contributed by atoms with E-state index in [1.54, 1.807) is 12.1 Å². The molecule has 3 aromatic carbocycles. The number of ether oxygens (including phenoxy) is 2. The molecule has 5 nitrogen and oxygen atoms in total.